The lowest BCUT2D eigenvalue weighted by molar-refractivity contribution is 0.0996. The lowest BCUT2D eigenvalue weighted by Crippen LogP contribution is -2.17. The van der Waals surface area contributed by atoms with Gasteiger partial charge in [-0.05, 0) is 31.5 Å². The van der Waals surface area contributed by atoms with Crippen LogP contribution in [0.3, 0.4) is 0 Å². The minimum Gasteiger partial charge on any atom is -0.383 e. The molecule has 1 rings (SSSR count). The van der Waals surface area contributed by atoms with Crippen LogP contribution in [0.15, 0.2) is 18.2 Å². The van der Waals surface area contributed by atoms with Gasteiger partial charge in [0.15, 0.2) is 0 Å². The standard InChI is InChI=1S/C14H21FN2O/c1-3-4-5-6-10(2)17-11-7-8-13(15)12(9-11)14(16)18/h7-10,17H,3-6H2,1-2H3,(H2,16,18). The Morgan fingerprint density at radius 2 is 2.17 bits per heavy atom. The minimum atomic E-state index is -0.741. The van der Waals surface area contributed by atoms with Crippen molar-refractivity contribution < 1.29 is 9.18 Å². The zero-order valence-electron chi connectivity index (χ0n) is 11.0. The Morgan fingerprint density at radius 3 is 2.78 bits per heavy atom. The van der Waals surface area contributed by atoms with Gasteiger partial charge < -0.3 is 11.1 Å². The number of rotatable bonds is 7. The minimum absolute atomic E-state index is 0.0687. The number of hydrogen-bond acceptors (Lipinski definition) is 2. The molecule has 0 radical (unpaired) electrons. The van der Waals surface area contributed by atoms with Crippen molar-refractivity contribution in [2.75, 3.05) is 5.32 Å². The first kappa shape index (κ1) is 14.5. The third kappa shape index (κ3) is 4.35. The number of halogens is 1. The van der Waals surface area contributed by atoms with Crippen molar-refractivity contribution in [2.45, 2.75) is 45.6 Å². The van der Waals surface area contributed by atoms with Gasteiger partial charge in [-0.15, -0.1) is 0 Å². The van der Waals surface area contributed by atoms with Crippen LogP contribution in [0.2, 0.25) is 0 Å². The number of anilines is 1. The first-order valence-corrected chi connectivity index (χ1v) is 6.40. The van der Waals surface area contributed by atoms with Crippen molar-refractivity contribution in [3.05, 3.63) is 29.6 Å². The van der Waals surface area contributed by atoms with E-state index in [1.54, 1.807) is 6.07 Å². The monoisotopic (exact) mass is 252 g/mol. The van der Waals surface area contributed by atoms with Gasteiger partial charge in [0, 0.05) is 11.7 Å². The van der Waals surface area contributed by atoms with Gasteiger partial charge in [-0.2, -0.15) is 0 Å². The lowest BCUT2D eigenvalue weighted by Gasteiger charge is -2.15. The fraction of sp³-hybridized carbons (Fsp3) is 0.500. The fourth-order valence-corrected chi connectivity index (χ4v) is 1.86. The second kappa shape index (κ2) is 6.99. The molecular weight excluding hydrogens is 231 g/mol. The largest absolute Gasteiger partial charge is 0.383 e. The molecule has 0 aliphatic heterocycles. The maximum absolute atomic E-state index is 13.3. The van der Waals surface area contributed by atoms with Gasteiger partial charge in [0.1, 0.15) is 5.82 Å². The molecule has 1 aromatic carbocycles. The summed E-state index contributed by atoms with van der Waals surface area (Å²) < 4.78 is 13.3. The zero-order chi connectivity index (χ0) is 13.5. The molecule has 0 spiro atoms. The van der Waals surface area contributed by atoms with Crippen LogP contribution in [0.25, 0.3) is 0 Å². The van der Waals surface area contributed by atoms with Crippen molar-refractivity contribution in [1.29, 1.82) is 0 Å². The Labute approximate surface area is 108 Å². The predicted molar refractivity (Wildman–Crippen MR) is 72.1 cm³/mol. The van der Waals surface area contributed by atoms with Crippen molar-refractivity contribution in [1.82, 2.24) is 0 Å². The molecule has 0 aromatic heterocycles. The number of primary amides is 1. The smallest absolute Gasteiger partial charge is 0.251 e. The van der Waals surface area contributed by atoms with E-state index in [0.717, 1.165) is 18.5 Å². The zero-order valence-corrected chi connectivity index (χ0v) is 11.0. The summed E-state index contributed by atoms with van der Waals surface area (Å²) in [5.74, 6) is -1.32. The van der Waals surface area contributed by atoms with Crippen LogP contribution in [-0.4, -0.2) is 11.9 Å². The molecule has 0 saturated carbocycles. The Balaban J connectivity index is 2.62. The van der Waals surface area contributed by atoms with E-state index in [4.69, 9.17) is 5.73 Å². The summed E-state index contributed by atoms with van der Waals surface area (Å²) in [4.78, 5) is 11.0. The molecule has 1 unspecified atom stereocenters. The molecule has 3 nitrogen and oxygen atoms in total. The molecule has 0 fully saturated rings. The van der Waals surface area contributed by atoms with E-state index < -0.39 is 11.7 Å². The molecular formula is C14H21FN2O. The van der Waals surface area contributed by atoms with Gasteiger partial charge in [-0.25, -0.2) is 4.39 Å². The Bertz CT molecular complexity index is 407. The summed E-state index contributed by atoms with van der Waals surface area (Å²) in [7, 11) is 0. The molecule has 0 heterocycles. The number of hydrogen-bond donors (Lipinski definition) is 2. The van der Waals surface area contributed by atoms with Gasteiger partial charge in [-0.1, -0.05) is 26.2 Å². The SMILES string of the molecule is CCCCCC(C)Nc1ccc(F)c(C(N)=O)c1. The summed E-state index contributed by atoms with van der Waals surface area (Å²) >= 11 is 0. The molecule has 0 saturated heterocycles. The fourth-order valence-electron chi connectivity index (χ4n) is 1.86. The summed E-state index contributed by atoms with van der Waals surface area (Å²) in [6, 6.07) is 4.65. The summed E-state index contributed by atoms with van der Waals surface area (Å²) in [5, 5.41) is 3.25. The highest BCUT2D eigenvalue weighted by atomic mass is 19.1. The van der Waals surface area contributed by atoms with Crippen LogP contribution < -0.4 is 11.1 Å². The number of benzene rings is 1. The van der Waals surface area contributed by atoms with Crippen LogP contribution >= 0.6 is 0 Å². The average Bonchev–Trinajstić information content (AvgIpc) is 2.31. The van der Waals surface area contributed by atoms with E-state index >= 15 is 0 Å². The van der Waals surface area contributed by atoms with Crippen molar-refractivity contribution in [3.8, 4) is 0 Å². The first-order chi connectivity index (χ1) is 8.54. The average molecular weight is 252 g/mol. The highest BCUT2D eigenvalue weighted by Crippen LogP contribution is 2.16. The van der Waals surface area contributed by atoms with Gasteiger partial charge in [-0.3, -0.25) is 4.79 Å². The second-order valence-corrected chi connectivity index (χ2v) is 4.60. The summed E-state index contributed by atoms with van der Waals surface area (Å²) in [5.41, 5.74) is 5.77. The highest BCUT2D eigenvalue weighted by Gasteiger charge is 2.10. The molecule has 0 aliphatic rings. The van der Waals surface area contributed by atoms with E-state index in [0.29, 0.717) is 6.04 Å². The summed E-state index contributed by atoms with van der Waals surface area (Å²) in [6.07, 6.45) is 4.61. The van der Waals surface area contributed by atoms with Crippen LogP contribution in [0.5, 0.6) is 0 Å². The van der Waals surface area contributed by atoms with Crippen LogP contribution in [0.1, 0.15) is 49.9 Å². The number of nitrogens with two attached hydrogens (primary N) is 1. The maximum Gasteiger partial charge on any atom is 0.251 e. The summed E-state index contributed by atoms with van der Waals surface area (Å²) in [6.45, 7) is 4.24. The molecule has 100 valence electrons. The Kier molecular flexibility index (Phi) is 5.62. The van der Waals surface area contributed by atoms with E-state index in [1.165, 1.54) is 25.0 Å². The van der Waals surface area contributed by atoms with Crippen molar-refractivity contribution >= 4 is 11.6 Å². The topological polar surface area (TPSA) is 55.1 Å². The van der Waals surface area contributed by atoms with Gasteiger partial charge in [0.05, 0.1) is 5.56 Å². The molecule has 3 N–H and O–H groups in total. The molecule has 1 atom stereocenters. The lowest BCUT2D eigenvalue weighted by atomic mass is 10.1. The van der Waals surface area contributed by atoms with Crippen molar-refractivity contribution in [3.63, 3.8) is 0 Å². The van der Waals surface area contributed by atoms with Crippen LogP contribution in [-0.2, 0) is 0 Å². The molecule has 0 bridgehead atoms. The molecule has 1 amide bonds. The Hall–Kier alpha value is -1.58. The molecule has 4 heteroatoms. The number of nitrogens with one attached hydrogen (secondary N) is 1. The molecule has 0 aliphatic carbocycles. The van der Waals surface area contributed by atoms with Crippen LogP contribution in [0.4, 0.5) is 10.1 Å². The number of carbonyl (C=O) groups is 1. The number of amides is 1. The van der Waals surface area contributed by atoms with Crippen molar-refractivity contribution in [2.24, 2.45) is 5.73 Å². The third-order valence-corrected chi connectivity index (χ3v) is 2.89. The molecule has 18 heavy (non-hydrogen) atoms. The number of carbonyl (C=O) groups excluding carboxylic acids is 1. The Morgan fingerprint density at radius 1 is 1.44 bits per heavy atom. The first-order valence-electron chi connectivity index (χ1n) is 6.40. The van der Waals surface area contributed by atoms with E-state index in [2.05, 4.69) is 19.2 Å². The van der Waals surface area contributed by atoms with Crippen LogP contribution in [0, 0.1) is 5.82 Å². The quantitative estimate of drug-likeness (QED) is 0.731. The van der Waals surface area contributed by atoms with E-state index in [-0.39, 0.29) is 5.56 Å². The predicted octanol–water partition coefficient (Wildman–Crippen LogP) is 3.31. The second-order valence-electron chi connectivity index (χ2n) is 4.60. The van der Waals surface area contributed by atoms with Gasteiger partial charge >= 0.3 is 0 Å². The van der Waals surface area contributed by atoms with E-state index in [1.807, 2.05) is 0 Å². The van der Waals surface area contributed by atoms with Gasteiger partial charge in [0.25, 0.3) is 5.91 Å². The maximum atomic E-state index is 13.3. The number of unbranched alkanes of at least 4 members (excludes halogenated alkanes) is 2. The van der Waals surface area contributed by atoms with E-state index in [9.17, 15) is 9.18 Å². The normalized spacial score (nSPS) is 12.2. The third-order valence-electron chi connectivity index (χ3n) is 2.89. The molecule has 1 aromatic rings. The van der Waals surface area contributed by atoms with Gasteiger partial charge in [0.2, 0.25) is 0 Å². The highest BCUT2D eigenvalue weighted by molar-refractivity contribution is 5.94.